The van der Waals surface area contributed by atoms with Gasteiger partial charge in [0.25, 0.3) is 5.91 Å². The molecule has 3 N–H and O–H groups in total. The molecule has 130 valence electrons. The number of primary sulfonamides is 1. The van der Waals surface area contributed by atoms with Gasteiger partial charge in [-0.15, -0.1) is 11.3 Å². The molecule has 0 aliphatic carbocycles. The summed E-state index contributed by atoms with van der Waals surface area (Å²) < 4.78 is 28.3. The number of benzene rings is 1. The van der Waals surface area contributed by atoms with Crippen LogP contribution < -0.4 is 10.5 Å². The number of rotatable bonds is 4. The minimum absolute atomic E-state index is 0.0712. The number of hydrogen-bond acceptors (Lipinski definition) is 6. The summed E-state index contributed by atoms with van der Waals surface area (Å²) in [6.07, 6.45) is 0. The van der Waals surface area contributed by atoms with Gasteiger partial charge in [0.05, 0.1) is 10.6 Å². The summed E-state index contributed by atoms with van der Waals surface area (Å²) in [7, 11) is -3.84. The van der Waals surface area contributed by atoms with Crippen LogP contribution in [0.4, 0.5) is 5.69 Å². The summed E-state index contributed by atoms with van der Waals surface area (Å²) in [5.74, 6) is 0.977. The summed E-state index contributed by atoms with van der Waals surface area (Å²) in [6, 6.07) is 9.38. The molecule has 2 heterocycles. The second kappa shape index (κ2) is 6.43. The van der Waals surface area contributed by atoms with Crippen molar-refractivity contribution in [2.75, 3.05) is 5.32 Å². The van der Waals surface area contributed by atoms with Crippen LogP contribution in [0, 0.1) is 13.8 Å². The zero-order chi connectivity index (χ0) is 18.2. The predicted molar refractivity (Wildman–Crippen MR) is 95.1 cm³/mol. The second-order valence-corrected chi connectivity index (χ2v) is 7.93. The molecule has 9 heteroatoms. The number of sulfonamides is 1. The largest absolute Gasteiger partial charge is 0.459 e. The van der Waals surface area contributed by atoms with E-state index in [1.54, 1.807) is 19.1 Å². The van der Waals surface area contributed by atoms with E-state index in [-0.39, 0.29) is 10.8 Å². The molecular weight excluding hydrogens is 362 g/mol. The average molecular weight is 377 g/mol. The van der Waals surface area contributed by atoms with Gasteiger partial charge in [0, 0.05) is 5.69 Å². The van der Waals surface area contributed by atoms with Crippen LogP contribution in [0.5, 0.6) is 0 Å². The topological polar surface area (TPSA) is 115 Å². The standard InChI is InChI=1S/C16H15N3O4S2/c1-9-6-7-13(23-9)16-18-10(2)14(24-16)15(20)19-11-4-3-5-12(8-11)25(17,21)22/h3-8H,1-2H3,(H,19,20)(H2,17,21,22). The number of nitrogens with one attached hydrogen (secondary N) is 1. The molecule has 25 heavy (non-hydrogen) atoms. The highest BCUT2D eigenvalue weighted by Crippen LogP contribution is 2.29. The van der Waals surface area contributed by atoms with E-state index in [9.17, 15) is 13.2 Å². The quantitative estimate of drug-likeness (QED) is 0.725. The van der Waals surface area contributed by atoms with E-state index in [1.165, 1.54) is 29.5 Å². The number of hydrogen-bond donors (Lipinski definition) is 2. The van der Waals surface area contributed by atoms with Gasteiger partial charge in [0.1, 0.15) is 10.6 Å². The number of nitrogens with zero attached hydrogens (tertiary/aromatic N) is 1. The molecule has 0 bridgehead atoms. The van der Waals surface area contributed by atoms with Crippen LogP contribution in [0.25, 0.3) is 10.8 Å². The van der Waals surface area contributed by atoms with Crippen molar-refractivity contribution in [1.29, 1.82) is 0 Å². The highest BCUT2D eigenvalue weighted by molar-refractivity contribution is 7.89. The molecule has 0 radical (unpaired) electrons. The summed E-state index contributed by atoms with van der Waals surface area (Å²) in [4.78, 5) is 17.2. The molecule has 3 aromatic rings. The van der Waals surface area contributed by atoms with Crippen molar-refractivity contribution < 1.29 is 17.6 Å². The van der Waals surface area contributed by atoms with Gasteiger partial charge >= 0.3 is 0 Å². The maximum Gasteiger partial charge on any atom is 0.267 e. The molecule has 0 unspecified atom stereocenters. The van der Waals surface area contributed by atoms with Crippen LogP contribution in [0.1, 0.15) is 21.1 Å². The third-order valence-corrected chi connectivity index (χ3v) is 5.46. The van der Waals surface area contributed by atoms with Crippen molar-refractivity contribution in [3.63, 3.8) is 0 Å². The normalized spacial score (nSPS) is 11.5. The zero-order valence-corrected chi connectivity index (χ0v) is 15.1. The number of furan rings is 1. The van der Waals surface area contributed by atoms with Crippen molar-refractivity contribution in [3.05, 3.63) is 52.7 Å². The molecular formula is C16H15N3O4S2. The van der Waals surface area contributed by atoms with Gasteiger partial charge in [-0.2, -0.15) is 0 Å². The van der Waals surface area contributed by atoms with E-state index in [2.05, 4.69) is 10.3 Å². The molecule has 0 fully saturated rings. The molecule has 0 aliphatic rings. The maximum absolute atomic E-state index is 12.5. The second-order valence-electron chi connectivity index (χ2n) is 5.37. The maximum atomic E-state index is 12.5. The van der Waals surface area contributed by atoms with Crippen LogP contribution >= 0.6 is 11.3 Å². The van der Waals surface area contributed by atoms with Crippen LogP contribution in [0.15, 0.2) is 45.7 Å². The Hall–Kier alpha value is -2.49. The Morgan fingerprint density at radius 3 is 2.64 bits per heavy atom. The minimum Gasteiger partial charge on any atom is -0.459 e. The number of carbonyl (C=O) groups is 1. The highest BCUT2D eigenvalue weighted by atomic mass is 32.2. The van der Waals surface area contributed by atoms with Gasteiger partial charge in [-0.3, -0.25) is 4.79 Å². The first-order valence-electron chi connectivity index (χ1n) is 7.22. The number of aryl methyl sites for hydroxylation is 2. The Labute approximate surface area is 148 Å². The molecule has 7 nitrogen and oxygen atoms in total. The zero-order valence-electron chi connectivity index (χ0n) is 13.4. The predicted octanol–water partition coefficient (Wildman–Crippen LogP) is 2.92. The number of carbonyl (C=O) groups excluding carboxylic acids is 1. The van der Waals surface area contributed by atoms with E-state index < -0.39 is 10.0 Å². The Kier molecular flexibility index (Phi) is 4.46. The fourth-order valence-corrected chi connectivity index (χ4v) is 3.68. The number of nitrogens with two attached hydrogens (primary N) is 1. The fourth-order valence-electron chi connectivity index (χ4n) is 2.20. The summed E-state index contributed by atoms with van der Waals surface area (Å²) in [5.41, 5.74) is 0.897. The van der Waals surface area contributed by atoms with Crippen LogP contribution in [-0.4, -0.2) is 19.3 Å². The summed E-state index contributed by atoms with van der Waals surface area (Å²) in [5, 5.41) is 8.37. The van der Waals surface area contributed by atoms with Gasteiger partial charge in [0.2, 0.25) is 10.0 Å². The van der Waals surface area contributed by atoms with Crippen molar-refractivity contribution in [2.45, 2.75) is 18.7 Å². The average Bonchev–Trinajstić information content (AvgIpc) is 3.12. The van der Waals surface area contributed by atoms with Gasteiger partial charge in [0.15, 0.2) is 10.8 Å². The third kappa shape index (κ3) is 3.78. The molecule has 0 spiro atoms. The number of thiazole rings is 1. The number of amides is 1. The molecule has 1 amide bonds. The van der Waals surface area contributed by atoms with Crippen LogP contribution in [0.3, 0.4) is 0 Å². The Morgan fingerprint density at radius 1 is 1.24 bits per heavy atom. The molecule has 0 saturated heterocycles. The molecule has 0 aliphatic heterocycles. The van der Waals surface area contributed by atoms with Gasteiger partial charge in [-0.25, -0.2) is 18.5 Å². The van der Waals surface area contributed by atoms with Crippen LogP contribution in [0.2, 0.25) is 0 Å². The summed E-state index contributed by atoms with van der Waals surface area (Å²) in [6.45, 7) is 3.56. The lowest BCUT2D eigenvalue weighted by atomic mass is 10.3. The molecule has 2 aromatic heterocycles. The lowest BCUT2D eigenvalue weighted by Crippen LogP contribution is -2.14. The van der Waals surface area contributed by atoms with Gasteiger partial charge in [-0.1, -0.05) is 6.07 Å². The summed E-state index contributed by atoms with van der Waals surface area (Å²) >= 11 is 1.20. The fraction of sp³-hybridized carbons (Fsp3) is 0.125. The smallest absolute Gasteiger partial charge is 0.267 e. The Morgan fingerprint density at radius 2 is 2.00 bits per heavy atom. The van der Waals surface area contributed by atoms with E-state index in [0.717, 1.165) is 5.76 Å². The van der Waals surface area contributed by atoms with E-state index >= 15 is 0 Å². The van der Waals surface area contributed by atoms with Crippen molar-refractivity contribution in [1.82, 2.24) is 4.98 Å². The SMILES string of the molecule is Cc1ccc(-c2nc(C)c(C(=O)Nc3cccc(S(N)(=O)=O)c3)s2)o1. The number of aromatic nitrogens is 1. The van der Waals surface area contributed by atoms with Crippen LogP contribution in [-0.2, 0) is 10.0 Å². The van der Waals surface area contributed by atoms with Crippen molar-refractivity contribution >= 4 is 33.0 Å². The van der Waals surface area contributed by atoms with Gasteiger partial charge < -0.3 is 9.73 Å². The first-order valence-corrected chi connectivity index (χ1v) is 9.59. The van der Waals surface area contributed by atoms with E-state index in [4.69, 9.17) is 9.56 Å². The van der Waals surface area contributed by atoms with E-state index in [0.29, 0.717) is 27.0 Å². The molecule has 1 aromatic carbocycles. The highest BCUT2D eigenvalue weighted by Gasteiger charge is 2.18. The lowest BCUT2D eigenvalue weighted by Gasteiger charge is -2.05. The molecule has 0 atom stereocenters. The third-order valence-electron chi connectivity index (χ3n) is 3.37. The van der Waals surface area contributed by atoms with Gasteiger partial charge in [-0.05, 0) is 44.2 Å². The first-order chi connectivity index (χ1) is 11.7. The molecule has 0 saturated carbocycles. The molecule has 3 rings (SSSR count). The number of anilines is 1. The van der Waals surface area contributed by atoms with Crippen molar-refractivity contribution in [3.8, 4) is 10.8 Å². The van der Waals surface area contributed by atoms with Crippen molar-refractivity contribution in [2.24, 2.45) is 5.14 Å². The minimum atomic E-state index is -3.84. The lowest BCUT2D eigenvalue weighted by molar-refractivity contribution is 0.102. The Bertz CT molecular complexity index is 1050. The first kappa shape index (κ1) is 17.3. The Balaban J connectivity index is 1.86. The monoisotopic (exact) mass is 377 g/mol. The van der Waals surface area contributed by atoms with E-state index in [1.807, 2.05) is 13.0 Å².